The number of Topliss-reactive ketones (excluding diaryl/α,β-unsaturated/α-hetero) is 1. The number of anilines is 3. The van der Waals surface area contributed by atoms with Crippen molar-refractivity contribution in [1.29, 1.82) is 0 Å². The maximum atomic E-state index is 12.4. The molecule has 0 fully saturated rings. The highest BCUT2D eigenvalue weighted by molar-refractivity contribution is 6.46. The number of aromatic nitrogens is 2. The number of rotatable bonds is 7. The van der Waals surface area contributed by atoms with Crippen LogP contribution in [0.1, 0.15) is 36.9 Å². The van der Waals surface area contributed by atoms with Crippen LogP contribution in [0.5, 0.6) is 0 Å². The molecule has 3 N–H and O–H groups in total. The van der Waals surface area contributed by atoms with E-state index in [9.17, 15) is 9.59 Å². The van der Waals surface area contributed by atoms with Crippen molar-refractivity contribution in [3.05, 3.63) is 95.7 Å². The molecule has 0 atom stereocenters. The fourth-order valence-electron chi connectivity index (χ4n) is 4.20. The Bertz CT molecular complexity index is 1430. The summed E-state index contributed by atoms with van der Waals surface area (Å²) in [6.45, 7) is 0. The molecule has 0 unspecified atom stereocenters. The van der Waals surface area contributed by atoms with E-state index in [1.54, 1.807) is 6.07 Å². The first-order chi connectivity index (χ1) is 17.2. The molecule has 0 saturated carbocycles. The maximum Gasteiger partial charge on any atom is 0.296 e. The van der Waals surface area contributed by atoms with Crippen LogP contribution in [-0.4, -0.2) is 21.9 Å². The summed E-state index contributed by atoms with van der Waals surface area (Å²) < 4.78 is 0. The molecule has 0 saturated heterocycles. The van der Waals surface area contributed by atoms with Gasteiger partial charge in [-0.15, -0.1) is 0 Å². The maximum absolute atomic E-state index is 12.4. The van der Waals surface area contributed by atoms with E-state index in [4.69, 9.17) is 0 Å². The third-order valence-corrected chi connectivity index (χ3v) is 6.02. The van der Waals surface area contributed by atoms with E-state index in [0.29, 0.717) is 17.7 Å². The van der Waals surface area contributed by atoms with Gasteiger partial charge in [0.05, 0.1) is 11.2 Å². The number of H-pyrrole nitrogens is 1. The van der Waals surface area contributed by atoms with E-state index >= 15 is 0 Å². The molecule has 3 aromatic carbocycles. The van der Waals surface area contributed by atoms with Crippen LogP contribution in [0.2, 0.25) is 0 Å². The van der Waals surface area contributed by atoms with Gasteiger partial charge >= 0.3 is 0 Å². The van der Waals surface area contributed by atoms with Crippen molar-refractivity contribution in [3.8, 4) is 0 Å². The molecule has 1 heterocycles. The standard InChI is InChI=1S/C29H26N4O2/c34-28(21-10-5-2-6-11-21)29(35)31-23-13-7-12-22(18-23)30-24-15-16-25-26(32-33-27(25)19-24)17-14-20-8-3-1-4-9-20/h1,3-4,7-10,12-19,30H,2,5-6,11H2,(H,31,35)(H,32,33)/b17-14+. The molecule has 6 nitrogen and oxygen atoms in total. The minimum absolute atomic E-state index is 0.440. The summed E-state index contributed by atoms with van der Waals surface area (Å²) in [7, 11) is 0. The summed E-state index contributed by atoms with van der Waals surface area (Å²) in [6.07, 6.45) is 9.48. The predicted molar refractivity (Wildman–Crippen MR) is 141 cm³/mol. The number of fused-ring (bicyclic) bond motifs is 1. The molecule has 1 aromatic heterocycles. The second-order valence-corrected chi connectivity index (χ2v) is 8.58. The molecule has 1 aliphatic rings. The number of nitrogens with one attached hydrogen (secondary N) is 3. The van der Waals surface area contributed by atoms with Crippen LogP contribution in [0, 0.1) is 0 Å². The normalized spacial score (nSPS) is 13.5. The lowest BCUT2D eigenvalue weighted by Crippen LogP contribution is -2.25. The molecule has 0 spiro atoms. The van der Waals surface area contributed by atoms with E-state index in [1.807, 2.05) is 85.0 Å². The smallest absolute Gasteiger partial charge is 0.296 e. The fourth-order valence-corrected chi connectivity index (χ4v) is 4.20. The largest absolute Gasteiger partial charge is 0.355 e. The summed E-state index contributed by atoms with van der Waals surface area (Å²) in [5.41, 5.74) is 5.78. The van der Waals surface area contributed by atoms with Crippen LogP contribution >= 0.6 is 0 Å². The highest BCUT2D eigenvalue weighted by Gasteiger charge is 2.20. The third-order valence-electron chi connectivity index (χ3n) is 6.02. The average molecular weight is 463 g/mol. The van der Waals surface area contributed by atoms with Gasteiger partial charge in [0, 0.05) is 28.0 Å². The number of benzene rings is 3. The number of carbonyl (C=O) groups excluding carboxylic acids is 2. The van der Waals surface area contributed by atoms with Crippen molar-refractivity contribution < 1.29 is 9.59 Å². The first-order valence-electron chi connectivity index (χ1n) is 11.8. The Labute approximate surface area is 203 Å². The molecule has 0 radical (unpaired) electrons. The number of carbonyl (C=O) groups is 2. The van der Waals surface area contributed by atoms with Gasteiger partial charge < -0.3 is 10.6 Å². The summed E-state index contributed by atoms with van der Waals surface area (Å²) >= 11 is 0. The number of nitrogens with zero attached hydrogens (tertiary/aromatic N) is 1. The minimum atomic E-state index is -0.592. The lowest BCUT2D eigenvalue weighted by molar-refractivity contribution is -0.132. The Morgan fingerprint density at radius 2 is 1.69 bits per heavy atom. The quantitative estimate of drug-likeness (QED) is 0.274. The Hall–Kier alpha value is -4.45. The van der Waals surface area contributed by atoms with Gasteiger partial charge in [-0.2, -0.15) is 5.10 Å². The fraction of sp³-hybridized carbons (Fsp3) is 0.138. The van der Waals surface area contributed by atoms with Gasteiger partial charge in [0.25, 0.3) is 5.91 Å². The van der Waals surface area contributed by atoms with E-state index in [2.05, 4.69) is 20.8 Å². The molecule has 1 aliphatic carbocycles. The number of allylic oxidation sites excluding steroid dienone is 1. The highest BCUT2D eigenvalue weighted by atomic mass is 16.2. The highest BCUT2D eigenvalue weighted by Crippen LogP contribution is 2.26. The van der Waals surface area contributed by atoms with Gasteiger partial charge in [-0.1, -0.05) is 48.6 Å². The zero-order chi connectivity index (χ0) is 24.0. The minimum Gasteiger partial charge on any atom is -0.355 e. The number of ketones is 1. The number of hydrogen-bond acceptors (Lipinski definition) is 4. The second kappa shape index (κ2) is 10.2. The molecular weight excluding hydrogens is 436 g/mol. The second-order valence-electron chi connectivity index (χ2n) is 8.58. The summed E-state index contributed by atoms with van der Waals surface area (Å²) in [5, 5.41) is 14.6. The van der Waals surface area contributed by atoms with Gasteiger partial charge in [0.2, 0.25) is 5.78 Å². The molecular formula is C29H26N4O2. The Morgan fingerprint density at radius 1 is 0.857 bits per heavy atom. The van der Waals surface area contributed by atoms with Crippen molar-refractivity contribution >= 4 is 51.8 Å². The SMILES string of the molecule is O=C(Nc1cccc(Nc2ccc3c(/C=C/c4ccccc4)n[nH]c3c2)c1)C(=O)C1=CCCCC1. The summed E-state index contributed by atoms with van der Waals surface area (Å²) in [4.78, 5) is 24.9. The van der Waals surface area contributed by atoms with Crippen LogP contribution in [0.4, 0.5) is 17.1 Å². The molecule has 174 valence electrons. The van der Waals surface area contributed by atoms with Crippen LogP contribution in [0.15, 0.2) is 84.4 Å². The molecule has 35 heavy (non-hydrogen) atoms. The van der Waals surface area contributed by atoms with Crippen LogP contribution < -0.4 is 10.6 Å². The van der Waals surface area contributed by atoms with Gasteiger partial charge in [-0.05, 0) is 73.7 Å². The lowest BCUT2D eigenvalue weighted by atomic mass is 9.96. The first-order valence-corrected chi connectivity index (χ1v) is 11.8. The van der Waals surface area contributed by atoms with E-state index in [1.165, 1.54) is 0 Å². The van der Waals surface area contributed by atoms with Crippen molar-refractivity contribution in [2.75, 3.05) is 10.6 Å². The number of aromatic amines is 1. The molecule has 6 heteroatoms. The Kier molecular flexibility index (Phi) is 6.52. The molecule has 1 amide bonds. The lowest BCUT2D eigenvalue weighted by Gasteiger charge is -2.12. The summed E-state index contributed by atoms with van der Waals surface area (Å²) in [5.74, 6) is -1.03. The van der Waals surface area contributed by atoms with Gasteiger partial charge in [-0.3, -0.25) is 14.7 Å². The third kappa shape index (κ3) is 5.38. The number of hydrogen-bond donors (Lipinski definition) is 3. The van der Waals surface area contributed by atoms with Crippen LogP contribution in [-0.2, 0) is 9.59 Å². The van der Waals surface area contributed by atoms with Gasteiger partial charge in [0.1, 0.15) is 0 Å². The first kappa shape index (κ1) is 22.3. The van der Waals surface area contributed by atoms with Crippen LogP contribution in [0.25, 0.3) is 23.1 Å². The molecule has 0 bridgehead atoms. The Balaban J connectivity index is 1.27. The van der Waals surface area contributed by atoms with Crippen LogP contribution in [0.3, 0.4) is 0 Å². The van der Waals surface area contributed by atoms with Gasteiger partial charge in [0.15, 0.2) is 0 Å². The summed E-state index contributed by atoms with van der Waals surface area (Å²) in [6, 6.07) is 23.4. The molecule has 5 rings (SSSR count). The van der Waals surface area contributed by atoms with E-state index in [0.717, 1.165) is 52.8 Å². The Morgan fingerprint density at radius 3 is 2.51 bits per heavy atom. The van der Waals surface area contributed by atoms with Crippen molar-refractivity contribution in [3.63, 3.8) is 0 Å². The zero-order valence-corrected chi connectivity index (χ0v) is 19.3. The molecule has 0 aliphatic heterocycles. The van der Waals surface area contributed by atoms with Gasteiger partial charge in [-0.25, -0.2) is 0 Å². The van der Waals surface area contributed by atoms with Crippen molar-refractivity contribution in [1.82, 2.24) is 10.2 Å². The molecule has 4 aromatic rings. The number of amides is 1. The van der Waals surface area contributed by atoms with Crippen molar-refractivity contribution in [2.45, 2.75) is 25.7 Å². The average Bonchev–Trinajstić information content (AvgIpc) is 3.30. The zero-order valence-electron chi connectivity index (χ0n) is 19.3. The topological polar surface area (TPSA) is 86.9 Å². The van der Waals surface area contributed by atoms with Crippen molar-refractivity contribution in [2.24, 2.45) is 0 Å². The monoisotopic (exact) mass is 462 g/mol. The predicted octanol–water partition coefficient (Wildman–Crippen LogP) is 6.48. The van der Waals surface area contributed by atoms with E-state index < -0.39 is 11.7 Å². The van der Waals surface area contributed by atoms with E-state index in [-0.39, 0.29) is 0 Å².